The fourth-order valence-corrected chi connectivity index (χ4v) is 4.38. The fourth-order valence-electron chi connectivity index (χ4n) is 4.38. The Balaban J connectivity index is 1.37. The third kappa shape index (κ3) is 4.42. The molecule has 4 rings (SSSR count). The van der Waals surface area contributed by atoms with E-state index in [1.807, 2.05) is 37.3 Å². The van der Waals surface area contributed by atoms with Gasteiger partial charge in [-0.1, -0.05) is 49.6 Å². The average molecular weight is 434 g/mol. The van der Waals surface area contributed by atoms with Gasteiger partial charge in [0.15, 0.2) is 6.61 Å². The lowest BCUT2D eigenvalue weighted by Crippen LogP contribution is -2.40. The Labute approximate surface area is 186 Å². The van der Waals surface area contributed by atoms with Crippen molar-refractivity contribution in [3.05, 3.63) is 70.8 Å². The Morgan fingerprint density at radius 3 is 2.41 bits per heavy atom. The van der Waals surface area contributed by atoms with E-state index < -0.39 is 18.5 Å². The summed E-state index contributed by atoms with van der Waals surface area (Å²) < 4.78 is 5.13. The Hall–Kier alpha value is -3.48. The second-order valence-electron chi connectivity index (χ2n) is 8.31. The standard InChI is InChI=1S/C25H26N2O5/c1-16(17-8-4-2-5-9-17)26-22(28)15-32-25(31)18-12-13-20-21(14-18)24(30)27(23(20)29)19-10-6-3-7-11-19/h2,4-5,8-9,12-14,16,19H,3,6-7,10-11,15H2,1H3,(H,26,28)/t16-/m1/s1. The molecule has 7 heteroatoms. The molecule has 0 saturated heterocycles. The molecule has 2 aromatic rings. The van der Waals surface area contributed by atoms with E-state index in [0.29, 0.717) is 5.56 Å². The first-order chi connectivity index (χ1) is 15.5. The molecule has 166 valence electrons. The van der Waals surface area contributed by atoms with Crippen molar-refractivity contribution >= 4 is 23.7 Å². The zero-order valence-corrected chi connectivity index (χ0v) is 18.0. The molecule has 1 fully saturated rings. The van der Waals surface area contributed by atoms with Crippen LogP contribution in [0.5, 0.6) is 0 Å². The summed E-state index contributed by atoms with van der Waals surface area (Å²) in [5.74, 6) is -1.80. The van der Waals surface area contributed by atoms with Crippen molar-refractivity contribution in [2.45, 2.75) is 51.1 Å². The molecule has 0 unspecified atom stereocenters. The molecule has 32 heavy (non-hydrogen) atoms. The van der Waals surface area contributed by atoms with E-state index in [1.165, 1.54) is 23.1 Å². The monoisotopic (exact) mass is 434 g/mol. The van der Waals surface area contributed by atoms with Gasteiger partial charge in [0.25, 0.3) is 17.7 Å². The Bertz CT molecular complexity index is 1040. The Morgan fingerprint density at radius 1 is 1.00 bits per heavy atom. The van der Waals surface area contributed by atoms with Crippen molar-refractivity contribution in [1.29, 1.82) is 0 Å². The summed E-state index contributed by atoms with van der Waals surface area (Å²) in [5.41, 5.74) is 1.61. The number of carbonyl (C=O) groups excluding carboxylic acids is 4. The highest BCUT2D eigenvalue weighted by Crippen LogP contribution is 2.31. The highest BCUT2D eigenvalue weighted by molar-refractivity contribution is 6.22. The Morgan fingerprint density at radius 2 is 1.69 bits per heavy atom. The number of ether oxygens (including phenoxy) is 1. The molecule has 2 aromatic carbocycles. The number of nitrogens with one attached hydrogen (secondary N) is 1. The molecule has 1 heterocycles. The number of hydrogen-bond donors (Lipinski definition) is 1. The van der Waals surface area contributed by atoms with Gasteiger partial charge in [-0.3, -0.25) is 19.3 Å². The normalized spacial score (nSPS) is 17.1. The minimum Gasteiger partial charge on any atom is -0.452 e. The predicted molar refractivity (Wildman–Crippen MR) is 117 cm³/mol. The van der Waals surface area contributed by atoms with E-state index in [2.05, 4.69) is 5.32 Å². The van der Waals surface area contributed by atoms with Gasteiger partial charge in [-0.25, -0.2) is 4.79 Å². The summed E-state index contributed by atoms with van der Waals surface area (Å²) in [5, 5.41) is 2.78. The molecule has 1 N–H and O–H groups in total. The van der Waals surface area contributed by atoms with Gasteiger partial charge in [0, 0.05) is 6.04 Å². The maximum absolute atomic E-state index is 12.9. The van der Waals surface area contributed by atoms with Crippen molar-refractivity contribution in [3.8, 4) is 0 Å². The van der Waals surface area contributed by atoms with Gasteiger partial charge in [-0.05, 0) is 43.5 Å². The van der Waals surface area contributed by atoms with Crippen LogP contribution in [0.25, 0.3) is 0 Å². The first-order valence-electron chi connectivity index (χ1n) is 11.0. The summed E-state index contributed by atoms with van der Waals surface area (Å²) in [6.07, 6.45) is 4.75. The molecule has 3 amide bonds. The third-order valence-corrected chi connectivity index (χ3v) is 6.10. The van der Waals surface area contributed by atoms with Crippen LogP contribution < -0.4 is 5.32 Å². The van der Waals surface area contributed by atoms with Crippen LogP contribution in [0.4, 0.5) is 0 Å². The summed E-state index contributed by atoms with van der Waals surface area (Å²) in [6, 6.07) is 13.5. The number of imide groups is 1. The molecular formula is C25H26N2O5. The van der Waals surface area contributed by atoms with E-state index in [-0.39, 0.29) is 35.0 Å². The number of nitrogens with zero attached hydrogens (tertiary/aromatic N) is 1. The van der Waals surface area contributed by atoms with Crippen molar-refractivity contribution in [2.75, 3.05) is 6.61 Å². The highest BCUT2D eigenvalue weighted by atomic mass is 16.5. The molecule has 7 nitrogen and oxygen atoms in total. The second-order valence-corrected chi connectivity index (χ2v) is 8.31. The lowest BCUT2D eigenvalue weighted by molar-refractivity contribution is -0.124. The smallest absolute Gasteiger partial charge is 0.338 e. The summed E-state index contributed by atoms with van der Waals surface area (Å²) in [6.45, 7) is 1.41. The van der Waals surface area contributed by atoms with Gasteiger partial charge in [0.2, 0.25) is 0 Å². The van der Waals surface area contributed by atoms with Gasteiger partial charge in [-0.2, -0.15) is 0 Å². The molecule has 1 saturated carbocycles. The lowest BCUT2D eigenvalue weighted by atomic mass is 9.94. The largest absolute Gasteiger partial charge is 0.452 e. The van der Waals surface area contributed by atoms with Gasteiger partial charge < -0.3 is 10.1 Å². The van der Waals surface area contributed by atoms with Crippen LogP contribution in [0.3, 0.4) is 0 Å². The summed E-state index contributed by atoms with van der Waals surface area (Å²) >= 11 is 0. The van der Waals surface area contributed by atoms with E-state index in [0.717, 1.165) is 37.7 Å². The number of fused-ring (bicyclic) bond motifs is 1. The minimum absolute atomic E-state index is 0.0816. The number of esters is 1. The molecule has 2 aliphatic rings. The summed E-state index contributed by atoms with van der Waals surface area (Å²) in [7, 11) is 0. The van der Waals surface area contributed by atoms with Crippen LogP contribution >= 0.6 is 0 Å². The van der Waals surface area contributed by atoms with Crippen LogP contribution in [0.2, 0.25) is 0 Å². The maximum Gasteiger partial charge on any atom is 0.338 e. The lowest BCUT2D eigenvalue weighted by Gasteiger charge is -2.29. The number of rotatable bonds is 6. The number of amides is 3. The van der Waals surface area contributed by atoms with Gasteiger partial charge >= 0.3 is 5.97 Å². The molecule has 0 aromatic heterocycles. The molecular weight excluding hydrogens is 408 g/mol. The number of benzene rings is 2. The van der Waals surface area contributed by atoms with Crippen LogP contribution in [0, 0.1) is 0 Å². The minimum atomic E-state index is -0.716. The quantitative estimate of drug-likeness (QED) is 0.553. The van der Waals surface area contributed by atoms with Crippen LogP contribution in [0.1, 0.15) is 81.7 Å². The van der Waals surface area contributed by atoms with Crippen molar-refractivity contribution < 1.29 is 23.9 Å². The van der Waals surface area contributed by atoms with Crippen LogP contribution in [-0.2, 0) is 9.53 Å². The van der Waals surface area contributed by atoms with Gasteiger partial charge in [-0.15, -0.1) is 0 Å². The van der Waals surface area contributed by atoms with Crippen LogP contribution in [0.15, 0.2) is 48.5 Å². The second kappa shape index (κ2) is 9.34. The van der Waals surface area contributed by atoms with Crippen molar-refractivity contribution in [3.63, 3.8) is 0 Å². The molecule has 0 bridgehead atoms. The number of carbonyl (C=O) groups is 4. The molecule has 1 atom stereocenters. The molecule has 1 aliphatic carbocycles. The number of hydrogen-bond acceptors (Lipinski definition) is 5. The van der Waals surface area contributed by atoms with Gasteiger partial charge in [0.1, 0.15) is 0 Å². The van der Waals surface area contributed by atoms with E-state index in [9.17, 15) is 19.2 Å². The predicted octanol–water partition coefficient (Wildman–Crippen LogP) is 3.65. The highest BCUT2D eigenvalue weighted by Gasteiger charge is 2.40. The van der Waals surface area contributed by atoms with E-state index in [1.54, 1.807) is 0 Å². The molecule has 1 aliphatic heterocycles. The van der Waals surface area contributed by atoms with Crippen LogP contribution in [-0.4, -0.2) is 41.2 Å². The molecule has 0 radical (unpaired) electrons. The topological polar surface area (TPSA) is 92.8 Å². The SMILES string of the molecule is C[C@@H](NC(=O)COC(=O)c1ccc2c(c1)C(=O)N(C1CCCCC1)C2=O)c1ccccc1. The molecule has 0 spiro atoms. The maximum atomic E-state index is 12.9. The van der Waals surface area contributed by atoms with Gasteiger partial charge in [0.05, 0.1) is 22.7 Å². The van der Waals surface area contributed by atoms with E-state index in [4.69, 9.17) is 4.74 Å². The summed E-state index contributed by atoms with van der Waals surface area (Å²) in [4.78, 5) is 51.6. The van der Waals surface area contributed by atoms with E-state index >= 15 is 0 Å². The van der Waals surface area contributed by atoms with Crippen molar-refractivity contribution in [1.82, 2.24) is 10.2 Å². The first kappa shape index (κ1) is 21.7. The fraction of sp³-hybridized carbons (Fsp3) is 0.360. The zero-order valence-electron chi connectivity index (χ0n) is 18.0. The average Bonchev–Trinajstić information content (AvgIpc) is 3.08. The third-order valence-electron chi connectivity index (χ3n) is 6.10. The zero-order chi connectivity index (χ0) is 22.7. The van der Waals surface area contributed by atoms with Crippen molar-refractivity contribution in [2.24, 2.45) is 0 Å². The first-order valence-corrected chi connectivity index (χ1v) is 11.0. The Kier molecular flexibility index (Phi) is 6.35.